The van der Waals surface area contributed by atoms with Crippen LogP contribution >= 0.6 is 23.2 Å². The Bertz CT molecular complexity index is 853. The molecule has 2 aromatic carbocycles. The number of hydrogen-bond acceptors (Lipinski definition) is 3. The van der Waals surface area contributed by atoms with Gasteiger partial charge in [-0.1, -0.05) is 53.5 Å². The summed E-state index contributed by atoms with van der Waals surface area (Å²) in [4.78, 5) is 12.0. The molecule has 2 N–H and O–H groups in total. The summed E-state index contributed by atoms with van der Waals surface area (Å²) in [6.45, 7) is 0.350. The minimum Gasteiger partial charge on any atom is -0.352 e. The Morgan fingerprint density at radius 3 is 2.28 bits per heavy atom. The van der Waals surface area contributed by atoms with E-state index in [2.05, 4.69) is 10.0 Å². The van der Waals surface area contributed by atoms with Gasteiger partial charge in [-0.05, 0) is 35.9 Å². The van der Waals surface area contributed by atoms with Gasteiger partial charge in [0.15, 0.2) is 0 Å². The van der Waals surface area contributed by atoms with E-state index in [9.17, 15) is 13.2 Å². The van der Waals surface area contributed by atoms with Gasteiger partial charge in [-0.2, -0.15) is 0 Å². The normalized spacial score (nSPS) is 11.3. The number of carbonyl (C=O) groups excluding carboxylic acids is 1. The fourth-order valence-corrected chi connectivity index (χ4v) is 3.40. The second-order valence-electron chi connectivity index (χ2n) is 5.47. The molecule has 0 heterocycles. The minimum atomic E-state index is -3.29. The first kappa shape index (κ1) is 19.7. The fraction of sp³-hybridized carbons (Fsp3) is 0.235. The van der Waals surface area contributed by atoms with Gasteiger partial charge in [0.05, 0.1) is 12.2 Å². The van der Waals surface area contributed by atoms with Crippen molar-refractivity contribution in [2.45, 2.75) is 18.7 Å². The van der Waals surface area contributed by atoms with Crippen molar-refractivity contribution in [2.75, 3.05) is 7.05 Å². The number of rotatable bonds is 7. The third-order valence-corrected chi connectivity index (χ3v) is 5.47. The molecule has 0 atom stereocenters. The average Bonchev–Trinajstić information content (AvgIpc) is 2.56. The lowest BCUT2D eigenvalue weighted by Crippen LogP contribution is -2.24. The van der Waals surface area contributed by atoms with Crippen LogP contribution in [0.4, 0.5) is 0 Å². The molecule has 0 bridgehead atoms. The second-order valence-corrected chi connectivity index (χ2v) is 8.24. The maximum Gasteiger partial charge on any atom is 0.224 e. The standard InChI is InChI=1S/C17H18Cl2N2O3S/c1-20-25(23,24)11-13-4-2-12(3-5-13)10-21-17(22)8-14-6-7-15(18)9-16(14)19/h2-7,9,20H,8,10-11H2,1H3,(H,21,22). The molecule has 5 nitrogen and oxygen atoms in total. The van der Waals surface area contributed by atoms with Crippen LogP contribution in [0.5, 0.6) is 0 Å². The van der Waals surface area contributed by atoms with E-state index in [1.54, 1.807) is 42.5 Å². The SMILES string of the molecule is CNS(=O)(=O)Cc1ccc(CNC(=O)Cc2ccc(Cl)cc2Cl)cc1. The molecule has 8 heteroatoms. The Balaban J connectivity index is 1.89. The highest BCUT2D eigenvalue weighted by molar-refractivity contribution is 7.88. The summed E-state index contributed by atoms with van der Waals surface area (Å²) >= 11 is 11.9. The summed E-state index contributed by atoms with van der Waals surface area (Å²) in [5.41, 5.74) is 2.26. The van der Waals surface area contributed by atoms with Crippen LogP contribution < -0.4 is 10.0 Å². The number of nitrogens with one attached hydrogen (secondary N) is 2. The topological polar surface area (TPSA) is 75.3 Å². The summed E-state index contributed by atoms with van der Waals surface area (Å²) in [5, 5.41) is 3.79. The van der Waals surface area contributed by atoms with Crippen molar-refractivity contribution in [1.82, 2.24) is 10.0 Å². The van der Waals surface area contributed by atoms with E-state index in [-0.39, 0.29) is 18.1 Å². The van der Waals surface area contributed by atoms with Crippen LogP contribution in [0, 0.1) is 0 Å². The summed E-state index contributed by atoms with van der Waals surface area (Å²) in [5.74, 6) is -0.239. The summed E-state index contributed by atoms with van der Waals surface area (Å²) in [6, 6.07) is 12.0. The van der Waals surface area contributed by atoms with Crippen LogP contribution in [-0.2, 0) is 33.5 Å². The van der Waals surface area contributed by atoms with Crippen molar-refractivity contribution in [2.24, 2.45) is 0 Å². The number of halogens is 2. The average molecular weight is 401 g/mol. The van der Waals surface area contributed by atoms with Crippen molar-refractivity contribution in [3.8, 4) is 0 Å². The van der Waals surface area contributed by atoms with E-state index in [1.807, 2.05) is 0 Å². The molecule has 2 rings (SSSR count). The Labute approximate surface area is 157 Å². The van der Waals surface area contributed by atoms with Crippen molar-refractivity contribution in [3.05, 3.63) is 69.2 Å². The molecule has 0 saturated heterocycles. The molecular formula is C17H18Cl2N2O3S. The van der Waals surface area contributed by atoms with Crippen molar-refractivity contribution >= 4 is 39.1 Å². The third kappa shape index (κ3) is 6.32. The highest BCUT2D eigenvalue weighted by atomic mass is 35.5. The molecule has 1 amide bonds. The Kier molecular flexibility index (Phi) is 6.84. The van der Waals surface area contributed by atoms with E-state index in [1.165, 1.54) is 7.05 Å². The van der Waals surface area contributed by atoms with Gasteiger partial charge in [-0.3, -0.25) is 4.79 Å². The highest BCUT2D eigenvalue weighted by Crippen LogP contribution is 2.21. The smallest absolute Gasteiger partial charge is 0.224 e. The van der Waals surface area contributed by atoms with Gasteiger partial charge in [0, 0.05) is 16.6 Å². The van der Waals surface area contributed by atoms with Crippen LogP contribution in [0.1, 0.15) is 16.7 Å². The first-order valence-electron chi connectivity index (χ1n) is 7.49. The molecular weight excluding hydrogens is 383 g/mol. The van der Waals surface area contributed by atoms with Crippen molar-refractivity contribution < 1.29 is 13.2 Å². The van der Waals surface area contributed by atoms with Gasteiger partial charge in [0.1, 0.15) is 0 Å². The molecule has 134 valence electrons. The van der Waals surface area contributed by atoms with E-state index in [0.717, 1.165) is 5.56 Å². The lowest BCUT2D eigenvalue weighted by Gasteiger charge is -2.08. The maximum atomic E-state index is 12.0. The van der Waals surface area contributed by atoms with Crippen molar-refractivity contribution in [3.63, 3.8) is 0 Å². The summed E-state index contributed by atoms with van der Waals surface area (Å²) in [7, 11) is -1.91. The quantitative estimate of drug-likeness (QED) is 0.749. The molecule has 0 radical (unpaired) electrons. The lowest BCUT2D eigenvalue weighted by atomic mass is 10.1. The molecule has 0 fully saturated rings. The van der Waals surface area contributed by atoms with E-state index in [4.69, 9.17) is 23.2 Å². The summed E-state index contributed by atoms with van der Waals surface area (Å²) in [6.07, 6.45) is 0.161. The zero-order valence-electron chi connectivity index (χ0n) is 13.6. The molecule has 0 aliphatic rings. The molecule has 0 spiro atoms. The third-order valence-electron chi connectivity index (χ3n) is 3.55. The minimum absolute atomic E-state index is 0.0782. The number of hydrogen-bond donors (Lipinski definition) is 2. The fourth-order valence-electron chi connectivity index (χ4n) is 2.15. The van der Waals surface area contributed by atoms with Gasteiger partial charge in [-0.15, -0.1) is 0 Å². The van der Waals surface area contributed by atoms with Gasteiger partial charge < -0.3 is 5.32 Å². The molecule has 0 unspecified atom stereocenters. The van der Waals surface area contributed by atoms with Crippen LogP contribution in [0.25, 0.3) is 0 Å². The Morgan fingerprint density at radius 1 is 1.04 bits per heavy atom. The number of benzene rings is 2. The zero-order valence-corrected chi connectivity index (χ0v) is 15.9. The molecule has 0 saturated carbocycles. The van der Waals surface area contributed by atoms with Gasteiger partial charge in [-0.25, -0.2) is 13.1 Å². The zero-order chi connectivity index (χ0) is 18.4. The molecule has 0 aliphatic heterocycles. The number of sulfonamides is 1. The Hall–Kier alpha value is -1.60. The number of amides is 1. The summed E-state index contributed by atoms with van der Waals surface area (Å²) < 4.78 is 25.3. The van der Waals surface area contributed by atoms with Gasteiger partial charge >= 0.3 is 0 Å². The molecule has 0 aromatic heterocycles. The van der Waals surface area contributed by atoms with Gasteiger partial charge in [0.2, 0.25) is 15.9 Å². The second kappa shape index (κ2) is 8.67. The Morgan fingerprint density at radius 2 is 1.68 bits per heavy atom. The molecule has 2 aromatic rings. The van der Waals surface area contributed by atoms with Gasteiger partial charge in [0.25, 0.3) is 0 Å². The van der Waals surface area contributed by atoms with E-state index in [0.29, 0.717) is 27.7 Å². The maximum absolute atomic E-state index is 12.0. The van der Waals surface area contributed by atoms with Crippen LogP contribution in [0.2, 0.25) is 10.0 Å². The van der Waals surface area contributed by atoms with E-state index >= 15 is 0 Å². The number of carbonyl (C=O) groups is 1. The largest absolute Gasteiger partial charge is 0.352 e. The predicted octanol–water partition coefficient (Wildman–Crippen LogP) is 2.90. The first-order valence-corrected chi connectivity index (χ1v) is 9.89. The lowest BCUT2D eigenvalue weighted by molar-refractivity contribution is -0.120. The molecule has 25 heavy (non-hydrogen) atoms. The van der Waals surface area contributed by atoms with E-state index < -0.39 is 10.0 Å². The first-order chi connectivity index (χ1) is 11.8. The van der Waals surface area contributed by atoms with Crippen molar-refractivity contribution in [1.29, 1.82) is 0 Å². The molecule has 0 aliphatic carbocycles. The predicted molar refractivity (Wildman–Crippen MR) is 100 cm³/mol. The van der Waals surface area contributed by atoms with Crippen LogP contribution in [0.3, 0.4) is 0 Å². The monoisotopic (exact) mass is 400 g/mol. The van der Waals surface area contributed by atoms with Crippen LogP contribution in [0.15, 0.2) is 42.5 Å². The van der Waals surface area contributed by atoms with Crippen LogP contribution in [-0.4, -0.2) is 21.4 Å². The highest BCUT2D eigenvalue weighted by Gasteiger charge is 2.09.